The molecule has 2 N–H and O–H groups in total. The molecule has 5 nitrogen and oxygen atoms in total. The van der Waals surface area contributed by atoms with Crippen LogP contribution in [0.15, 0.2) is 54.7 Å². The highest BCUT2D eigenvalue weighted by molar-refractivity contribution is 5.98. The summed E-state index contributed by atoms with van der Waals surface area (Å²) in [4.78, 5) is 29.0. The molecule has 0 saturated carbocycles. The summed E-state index contributed by atoms with van der Waals surface area (Å²) in [5, 5.41) is 10.1. The summed E-state index contributed by atoms with van der Waals surface area (Å²) in [7, 11) is 0. The van der Waals surface area contributed by atoms with Gasteiger partial charge in [0, 0.05) is 41.7 Å². The van der Waals surface area contributed by atoms with Crippen LogP contribution in [0, 0.1) is 0 Å². The highest BCUT2D eigenvalue weighted by atomic mass is 16.4. The van der Waals surface area contributed by atoms with Crippen molar-refractivity contribution in [3.8, 4) is 0 Å². The number of aromatic carboxylic acids is 1. The first-order valence-corrected chi connectivity index (χ1v) is 8.81. The molecule has 4 rings (SSSR count). The van der Waals surface area contributed by atoms with E-state index in [-0.39, 0.29) is 17.4 Å². The number of likely N-dealkylation sites (tertiary alicyclic amines) is 1. The molecule has 0 bridgehead atoms. The second-order valence-electron chi connectivity index (χ2n) is 6.80. The quantitative estimate of drug-likeness (QED) is 0.754. The van der Waals surface area contributed by atoms with E-state index in [1.165, 1.54) is 0 Å². The van der Waals surface area contributed by atoms with Crippen molar-refractivity contribution in [1.82, 2.24) is 9.88 Å². The van der Waals surface area contributed by atoms with Crippen LogP contribution in [0.2, 0.25) is 0 Å². The number of aromatic amines is 1. The van der Waals surface area contributed by atoms with E-state index in [1.54, 1.807) is 12.1 Å². The van der Waals surface area contributed by atoms with E-state index >= 15 is 0 Å². The number of amides is 1. The van der Waals surface area contributed by atoms with Crippen molar-refractivity contribution in [3.63, 3.8) is 0 Å². The zero-order valence-corrected chi connectivity index (χ0v) is 14.3. The fraction of sp³-hybridized carbons (Fsp3) is 0.238. The van der Waals surface area contributed by atoms with Gasteiger partial charge in [-0.15, -0.1) is 0 Å². The predicted molar refractivity (Wildman–Crippen MR) is 99.6 cm³/mol. The van der Waals surface area contributed by atoms with E-state index in [0.717, 1.165) is 35.9 Å². The van der Waals surface area contributed by atoms with Crippen molar-refractivity contribution >= 4 is 22.8 Å². The van der Waals surface area contributed by atoms with Crippen LogP contribution in [0.3, 0.4) is 0 Å². The van der Waals surface area contributed by atoms with Crippen molar-refractivity contribution in [2.24, 2.45) is 0 Å². The third kappa shape index (κ3) is 3.08. The molecule has 132 valence electrons. The Morgan fingerprint density at radius 3 is 2.58 bits per heavy atom. The average Bonchev–Trinajstić information content (AvgIpc) is 3.15. The fourth-order valence-electron chi connectivity index (χ4n) is 3.70. The lowest BCUT2D eigenvalue weighted by Gasteiger charge is -2.33. The molecule has 1 aliphatic heterocycles. The molecule has 1 saturated heterocycles. The van der Waals surface area contributed by atoms with Gasteiger partial charge in [-0.3, -0.25) is 4.79 Å². The molecule has 0 spiro atoms. The number of aromatic nitrogens is 1. The maximum Gasteiger partial charge on any atom is 0.335 e. The maximum atomic E-state index is 12.9. The smallest absolute Gasteiger partial charge is 0.335 e. The minimum absolute atomic E-state index is 0.0555. The normalized spacial score (nSPS) is 17.4. The van der Waals surface area contributed by atoms with Crippen molar-refractivity contribution in [3.05, 3.63) is 71.4 Å². The van der Waals surface area contributed by atoms with E-state index in [0.29, 0.717) is 12.1 Å². The summed E-state index contributed by atoms with van der Waals surface area (Å²) in [6.45, 7) is 1.42. The number of nitrogens with zero attached hydrogens (tertiary/aromatic N) is 1. The molecule has 5 heteroatoms. The number of hydrogen-bond acceptors (Lipinski definition) is 2. The number of rotatable bonds is 3. The Balaban J connectivity index is 1.52. The zero-order chi connectivity index (χ0) is 18.1. The van der Waals surface area contributed by atoms with Gasteiger partial charge in [0.1, 0.15) is 0 Å². The number of fused-ring (bicyclic) bond motifs is 1. The number of carbonyl (C=O) groups is 2. The molecule has 1 aromatic heterocycles. The molecule has 1 aliphatic rings. The topological polar surface area (TPSA) is 73.4 Å². The van der Waals surface area contributed by atoms with Crippen LogP contribution in [0.4, 0.5) is 0 Å². The molecule has 1 atom stereocenters. The van der Waals surface area contributed by atoms with Crippen molar-refractivity contribution < 1.29 is 14.7 Å². The monoisotopic (exact) mass is 348 g/mol. The van der Waals surface area contributed by atoms with Crippen molar-refractivity contribution in [1.29, 1.82) is 0 Å². The van der Waals surface area contributed by atoms with Gasteiger partial charge in [0.2, 0.25) is 0 Å². The lowest BCUT2D eigenvalue weighted by molar-refractivity contribution is 0.0693. The number of benzene rings is 2. The average molecular weight is 348 g/mol. The standard InChI is InChI=1S/C21H20N2O3/c24-20(17-7-8-19-16(12-17)9-10-22-19)23-11-1-2-18(13-23)14-3-5-15(6-4-14)21(25)26/h3-10,12,18,22H,1-2,11,13H2,(H,25,26). The largest absolute Gasteiger partial charge is 0.478 e. The Morgan fingerprint density at radius 2 is 1.81 bits per heavy atom. The summed E-state index contributed by atoms with van der Waals surface area (Å²) in [5.41, 5.74) is 3.11. The van der Waals surface area contributed by atoms with Crippen LogP contribution in [0.25, 0.3) is 10.9 Å². The Bertz CT molecular complexity index is 959. The minimum Gasteiger partial charge on any atom is -0.478 e. The van der Waals surface area contributed by atoms with Gasteiger partial charge in [-0.05, 0) is 54.8 Å². The molecule has 3 aromatic rings. The number of carbonyl (C=O) groups excluding carboxylic acids is 1. The number of H-pyrrole nitrogens is 1. The Labute approximate surface area is 151 Å². The lowest BCUT2D eigenvalue weighted by atomic mass is 9.90. The van der Waals surface area contributed by atoms with Gasteiger partial charge in [0.05, 0.1) is 5.56 Å². The van der Waals surface area contributed by atoms with Crippen LogP contribution >= 0.6 is 0 Å². The van der Waals surface area contributed by atoms with Crippen LogP contribution in [0.5, 0.6) is 0 Å². The minimum atomic E-state index is -0.919. The van der Waals surface area contributed by atoms with Gasteiger partial charge in [0.25, 0.3) is 5.91 Å². The van der Waals surface area contributed by atoms with Gasteiger partial charge >= 0.3 is 5.97 Å². The predicted octanol–water partition coefficient (Wildman–Crippen LogP) is 3.89. The summed E-state index contributed by atoms with van der Waals surface area (Å²) >= 11 is 0. The van der Waals surface area contributed by atoms with Gasteiger partial charge in [-0.2, -0.15) is 0 Å². The van der Waals surface area contributed by atoms with E-state index in [1.807, 2.05) is 47.5 Å². The number of carboxylic acid groups (broad SMARTS) is 1. The van der Waals surface area contributed by atoms with Crippen molar-refractivity contribution in [2.45, 2.75) is 18.8 Å². The second-order valence-corrected chi connectivity index (χ2v) is 6.80. The van der Waals surface area contributed by atoms with Gasteiger partial charge < -0.3 is 15.0 Å². The van der Waals surface area contributed by atoms with E-state index < -0.39 is 5.97 Å². The first kappa shape index (κ1) is 16.4. The third-order valence-corrected chi connectivity index (χ3v) is 5.14. The third-order valence-electron chi connectivity index (χ3n) is 5.14. The number of hydrogen-bond donors (Lipinski definition) is 2. The highest BCUT2D eigenvalue weighted by Gasteiger charge is 2.25. The fourth-order valence-corrected chi connectivity index (χ4v) is 3.70. The molecule has 1 unspecified atom stereocenters. The van der Waals surface area contributed by atoms with E-state index in [2.05, 4.69) is 4.98 Å². The first-order chi connectivity index (χ1) is 12.6. The molecule has 0 aliphatic carbocycles. The second kappa shape index (κ2) is 6.67. The molecule has 1 amide bonds. The van der Waals surface area contributed by atoms with E-state index in [4.69, 9.17) is 5.11 Å². The van der Waals surface area contributed by atoms with Crippen LogP contribution in [0.1, 0.15) is 45.0 Å². The number of piperidine rings is 1. The lowest BCUT2D eigenvalue weighted by Crippen LogP contribution is -2.39. The molecule has 26 heavy (non-hydrogen) atoms. The molecule has 0 radical (unpaired) electrons. The molecule has 2 aromatic carbocycles. The van der Waals surface area contributed by atoms with Crippen LogP contribution < -0.4 is 0 Å². The van der Waals surface area contributed by atoms with Crippen LogP contribution in [-0.4, -0.2) is 40.0 Å². The Hall–Kier alpha value is -3.08. The Morgan fingerprint density at radius 1 is 1.04 bits per heavy atom. The zero-order valence-electron chi connectivity index (χ0n) is 14.3. The highest BCUT2D eigenvalue weighted by Crippen LogP contribution is 2.28. The number of nitrogens with one attached hydrogen (secondary N) is 1. The SMILES string of the molecule is O=C(O)c1ccc(C2CCCN(C(=O)c3ccc4[nH]ccc4c3)C2)cc1. The first-order valence-electron chi connectivity index (χ1n) is 8.81. The Kier molecular flexibility index (Phi) is 4.21. The maximum absolute atomic E-state index is 12.9. The molecular formula is C21H20N2O3. The van der Waals surface area contributed by atoms with E-state index in [9.17, 15) is 9.59 Å². The van der Waals surface area contributed by atoms with Gasteiger partial charge in [0.15, 0.2) is 0 Å². The summed E-state index contributed by atoms with van der Waals surface area (Å²) < 4.78 is 0. The van der Waals surface area contributed by atoms with Crippen molar-refractivity contribution in [2.75, 3.05) is 13.1 Å². The molecule has 1 fully saturated rings. The summed E-state index contributed by atoms with van der Waals surface area (Å²) in [6, 6.07) is 14.7. The summed E-state index contributed by atoms with van der Waals surface area (Å²) in [5.74, 6) is -0.622. The number of carboxylic acids is 1. The van der Waals surface area contributed by atoms with Gasteiger partial charge in [-0.25, -0.2) is 4.79 Å². The molecular weight excluding hydrogens is 328 g/mol. The summed E-state index contributed by atoms with van der Waals surface area (Å²) in [6.07, 6.45) is 3.83. The van der Waals surface area contributed by atoms with Gasteiger partial charge in [-0.1, -0.05) is 12.1 Å². The molecule has 2 heterocycles. The van der Waals surface area contributed by atoms with Crippen LogP contribution in [-0.2, 0) is 0 Å².